The molecule has 3 rings (SSSR count). The molecule has 0 bridgehead atoms. The number of urea groups is 1. The van der Waals surface area contributed by atoms with Crippen LogP contribution >= 0.6 is 0 Å². The quantitative estimate of drug-likeness (QED) is 0.659. The van der Waals surface area contributed by atoms with Crippen LogP contribution in [0.25, 0.3) is 5.69 Å². The van der Waals surface area contributed by atoms with Crippen LogP contribution < -0.4 is 16.0 Å². The SMILES string of the molecule is CNC(=O)Nc1ccc(NC(=O)c2nnn(-c3ccc(F)cc3)c2C)cc1. The molecule has 0 spiro atoms. The largest absolute Gasteiger partial charge is 0.341 e. The Morgan fingerprint density at radius 2 is 1.56 bits per heavy atom. The van der Waals surface area contributed by atoms with Gasteiger partial charge in [-0.3, -0.25) is 4.79 Å². The van der Waals surface area contributed by atoms with Crippen LogP contribution in [0.3, 0.4) is 0 Å². The van der Waals surface area contributed by atoms with Crippen molar-refractivity contribution in [3.05, 3.63) is 65.7 Å². The fourth-order valence-corrected chi connectivity index (χ4v) is 2.39. The van der Waals surface area contributed by atoms with E-state index in [1.54, 1.807) is 43.3 Å². The lowest BCUT2D eigenvalue weighted by Gasteiger charge is -2.07. The summed E-state index contributed by atoms with van der Waals surface area (Å²) in [6.45, 7) is 1.70. The van der Waals surface area contributed by atoms with Crippen molar-refractivity contribution in [3.63, 3.8) is 0 Å². The number of hydrogen-bond donors (Lipinski definition) is 3. The van der Waals surface area contributed by atoms with Crippen molar-refractivity contribution in [1.29, 1.82) is 0 Å². The summed E-state index contributed by atoms with van der Waals surface area (Å²) in [6, 6.07) is 12.0. The minimum atomic E-state index is -0.423. The van der Waals surface area contributed by atoms with Crippen LogP contribution in [0.4, 0.5) is 20.6 Å². The van der Waals surface area contributed by atoms with Crippen LogP contribution in [0.5, 0.6) is 0 Å². The Morgan fingerprint density at radius 1 is 0.963 bits per heavy atom. The fourth-order valence-electron chi connectivity index (χ4n) is 2.39. The van der Waals surface area contributed by atoms with Crippen LogP contribution in [0.1, 0.15) is 16.2 Å². The Labute approximate surface area is 154 Å². The van der Waals surface area contributed by atoms with Crippen molar-refractivity contribution in [2.45, 2.75) is 6.92 Å². The third-order valence-electron chi connectivity index (χ3n) is 3.81. The number of rotatable bonds is 4. The van der Waals surface area contributed by atoms with Crippen LogP contribution in [0.2, 0.25) is 0 Å². The lowest BCUT2D eigenvalue weighted by atomic mass is 10.2. The van der Waals surface area contributed by atoms with Gasteiger partial charge in [-0.2, -0.15) is 0 Å². The molecular formula is C18H17FN6O2. The first-order valence-corrected chi connectivity index (χ1v) is 8.06. The average Bonchev–Trinajstić information content (AvgIpc) is 3.05. The van der Waals surface area contributed by atoms with E-state index in [0.29, 0.717) is 22.8 Å². The highest BCUT2D eigenvalue weighted by Gasteiger charge is 2.17. The van der Waals surface area contributed by atoms with Crippen LogP contribution in [-0.2, 0) is 0 Å². The molecule has 1 aromatic heterocycles. The number of amides is 3. The van der Waals surface area contributed by atoms with Crippen molar-refractivity contribution in [2.24, 2.45) is 0 Å². The van der Waals surface area contributed by atoms with E-state index in [-0.39, 0.29) is 17.5 Å². The minimum Gasteiger partial charge on any atom is -0.341 e. The van der Waals surface area contributed by atoms with E-state index in [1.165, 1.54) is 23.9 Å². The molecule has 0 fully saturated rings. The van der Waals surface area contributed by atoms with E-state index in [2.05, 4.69) is 26.3 Å². The van der Waals surface area contributed by atoms with E-state index in [9.17, 15) is 14.0 Å². The molecule has 3 N–H and O–H groups in total. The molecule has 3 amide bonds. The number of nitrogens with one attached hydrogen (secondary N) is 3. The predicted octanol–water partition coefficient (Wildman–Crippen LogP) is 2.72. The zero-order chi connectivity index (χ0) is 19.4. The zero-order valence-electron chi connectivity index (χ0n) is 14.7. The number of halogens is 1. The van der Waals surface area contributed by atoms with E-state index >= 15 is 0 Å². The molecule has 27 heavy (non-hydrogen) atoms. The Morgan fingerprint density at radius 3 is 2.15 bits per heavy atom. The fraction of sp³-hybridized carbons (Fsp3) is 0.111. The lowest BCUT2D eigenvalue weighted by molar-refractivity contribution is 0.102. The van der Waals surface area contributed by atoms with Gasteiger partial charge >= 0.3 is 6.03 Å². The third kappa shape index (κ3) is 4.09. The van der Waals surface area contributed by atoms with Gasteiger partial charge in [0.2, 0.25) is 0 Å². The van der Waals surface area contributed by atoms with Gasteiger partial charge in [0.1, 0.15) is 5.82 Å². The summed E-state index contributed by atoms with van der Waals surface area (Å²) in [5.41, 5.74) is 2.41. The molecule has 0 aliphatic heterocycles. The molecule has 0 unspecified atom stereocenters. The maximum absolute atomic E-state index is 13.1. The second-order valence-corrected chi connectivity index (χ2v) is 5.65. The first-order valence-electron chi connectivity index (χ1n) is 8.06. The lowest BCUT2D eigenvalue weighted by Crippen LogP contribution is -2.24. The highest BCUT2D eigenvalue weighted by Crippen LogP contribution is 2.17. The molecule has 0 saturated heterocycles. The Balaban J connectivity index is 1.73. The molecule has 0 aliphatic rings. The Bertz CT molecular complexity index is 967. The minimum absolute atomic E-state index is 0.159. The molecule has 0 saturated carbocycles. The summed E-state index contributed by atoms with van der Waals surface area (Å²) < 4.78 is 14.5. The van der Waals surface area contributed by atoms with Crippen molar-refractivity contribution < 1.29 is 14.0 Å². The highest BCUT2D eigenvalue weighted by molar-refractivity contribution is 6.03. The summed E-state index contributed by atoms with van der Waals surface area (Å²) in [5.74, 6) is -0.781. The van der Waals surface area contributed by atoms with Gasteiger partial charge in [0.05, 0.1) is 11.4 Å². The highest BCUT2D eigenvalue weighted by atomic mass is 19.1. The Hall–Kier alpha value is -3.75. The van der Waals surface area contributed by atoms with Crippen LogP contribution in [0.15, 0.2) is 48.5 Å². The molecule has 0 atom stereocenters. The average molecular weight is 368 g/mol. The van der Waals surface area contributed by atoms with E-state index < -0.39 is 5.91 Å². The number of nitrogens with zero attached hydrogens (tertiary/aromatic N) is 3. The number of carbonyl (C=O) groups excluding carboxylic acids is 2. The summed E-state index contributed by atoms with van der Waals surface area (Å²) in [5, 5.41) is 15.7. The van der Waals surface area contributed by atoms with Gasteiger partial charge in [0, 0.05) is 18.4 Å². The molecule has 2 aromatic carbocycles. The van der Waals surface area contributed by atoms with Crippen molar-refractivity contribution in [3.8, 4) is 5.69 Å². The molecule has 1 heterocycles. The third-order valence-corrected chi connectivity index (χ3v) is 3.81. The number of benzene rings is 2. The molecule has 9 heteroatoms. The monoisotopic (exact) mass is 368 g/mol. The summed E-state index contributed by atoms with van der Waals surface area (Å²) in [7, 11) is 1.52. The van der Waals surface area contributed by atoms with E-state index in [0.717, 1.165) is 0 Å². The van der Waals surface area contributed by atoms with Crippen LogP contribution in [-0.4, -0.2) is 34.0 Å². The zero-order valence-corrected chi connectivity index (χ0v) is 14.7. The van der Waals surface area contributed by atoms with Gasteiger partial charge in [0.25, 0.3) is 5.91 Å². The maximum Gasteiger partial charge on any atom is 0.318 e. The number of carbonyl (C=O) groups is 2. The van der Waals surface area contributed by atoms with Gasteiger partial charge in [0.15, 0.2) is 5.69 Å². The topological polar surface area (TPSA) is 101 Å². The maximum atomic E-state index is 13.1. The molecule has 0 aliphatic carbocycles. The summed E-state index contributed by atoms with van der Waals surface area (Å²) in [4.78, 5) is 23.8. The predicted molar refractivity (Wildman–Crippen MR) is 98.5 cm³/mol. The second-order valence-electron chi connectivity index (χ2n) is 5.65. The van der Waals surface area contributed by atoms with Gasteiger partial charge in [-0.25, -0.2) is 13.9 Å². The number of anilines is 2. The van der Waals surface area contributed by atoms with Crippen molar-refractivity contribution in [1.82, 2.24) is 20.3 Å². The summed E-state index contributed by atoms with van der Waals surface area (Å²) >= 11 is 0. The van der Waals surface area contributed by atoms with Gasteiger partial charge in [-0.15, -0.1) is 5.10 Å². The molecular weight excluding hydrogens is 351 g/mol. The molecule has 138 valence electrons. The van der Waals surface area contributed by atoms with Gasteiger partial charge in [-0.1, -0.05) is 5.21 Å². The standard InChI is InChI=1S/C18H17FN6O2/c1-11-16(23-24-25(11)15-9-3-12(19)4-10-15)17(26)21-13-5-7-14(8-6-13)22-18(27)20-2/h3-10H,1-2H3,(H,21,26)(H2,20,22,27). The van der Waals surface area contributed by atoms with Crippen LogP contribution in [0, 0.1) is 12.7 Å². The van der Waals surface area contributed by atoms with Gasteiger partial charge in [-0.05, 0) is 55.5 Å². The normalized spacial score (nSPS) is 10.3. The first kappa shape index (κ1) is 18.1. The number of aromatic nitrogens is 3. The van der Waals surface area contributed by atoms with Gasteiger partial charge < -0.3 is 16.0 Å². The molecule has 3 aromatic rings. The second kappa shape index (κ2) is 7.65. The van der Waals surface area contributed by atoms with E-state index in [1.807, 2.05) is 0 Å². The molecule has 8 nitrogen and oxygen atoms in total. The molecule has 0 radical (unpaired) electrons. The van der Waals surface area contributed by atoms with Crippen molar-refractivity contribution >= 4 is 23.3 Å². The smallest absolute Gasteiger partial charge is 0.318 e. The Kier molecular flexibility index (Phi) is 5.11. The van der Waals surface area contributed by atoms with Crippen molar-refractivity contribution in [2.75, 3.05) is 17.7 Å². The summed E-state index contributed by atoms with van der Waals surface area (Å²) in [6.07, 6.45) is 0. The first-order chi connectivity index (χ1) is 13.0. The van der Waals surface area contributed by atoms with E-state index in [4.69, 9.17) is 0 Å². The number of hydrogen-bond acceptors (Lipinski definition) is 4.